The Morgan fingerprint density at radius 1 is 1.06 bits per heavy atom. The molecule has 2 aromatic heterocycles. The van der Waals surface area contributed by atoms with Crippen molar-refractivity contribution in [2.75, 3.05) is 12.4 Å². The Balaban J connectivity index is 1.30. The summed E-state index contributed by atoms with van der Waals surface area (Å²) in [5.41, 5.74) is 2.92. The molecule has 0 aliphatic carbocycles. The third-order valence-electron chi connectivity index (χ3n) is 5.10. The zero-order valence-electron chi connectivity index (χ0n) is 18.8. The van der Waals surface area contributed by atoms with Gasteiger partial charge in [0.15, 0.2) is 5.76 Å². The number of rotatable bonds is 10. The Morgan fingerprint density at radius 3 is 2.70 bits per heavy atom. The number of hydrogen-bond acceptors (Lipinski definition) is 5. The van der Waals surface area contributed by atoms with Crippen LogP contribution in [0.15, 0.2) is 77.5 Å². The molecule has 1 amide bonds. The number of ether oxygens (including phenoxy) is 2. The first-order valence-corrected chi connectivity index (χ1v) is 10.9. The average Bonchev–Trinajstić information content (AvgIpc) is 3.48. The molecule has 0 saturated heterocycles. The van der Waals surface area contributed by atoms with E-state index in [4.69, 9.17) is 13.9 Å². The molecule has 33 heavy (non-hydrogen) atoms. The van der Waals surface area contributed by atoms with E-state index in [1.165, 1.54) is 5.56 Å². The molecule has 0 bridgehead atoms. The number of aryl methyl sites for hydroxylation is 1. The van der Waals surface area contributed by atoms with Crippen LogP contribution in [0.1, 0.15) is 40.8 Å². The van der Waals surface area contributed by atoms with Crippen LogP contribution in [0.3, 0.4) is 0 Å². The second-order valence-corrected chi connectivity index (χ2v) is 7.68. The number of anilines is 1. The summed E-state index contributed by atoms with van der Waals surface area (Å²) >= 11 is 0. The second kappa shape index (κ2) is 10.5. The maximum Gasteiger partial charge on any atom is 0.291 e. The lowest BCUT2D eigenvalue weighted by molar-refractivity contribution is 0.0992. The summed E-state index contributed by atoms with van der Waals surface area (Å²) in [6.45, 7) is 2.97. The number of carbonyl (C=O) groups is 1. The predicted octanol–water partition coefficient (Wildman–Crippen LogP) is 5.32. The third kappa shape index (κ3) is 6.04. The summed E-state index contributed by atoms with van der Waals surface area (Å²) < 4.78 is 18.4. The fourth-order valence-corrected chi connectivity index (χ4v) is 3.44. The van der Waals surface area contributed by atoms with Crippen LogP contribution in [0.2, 0.25) is 0 Å². The summed E-state index contributed by atoms with van der Waals surface area (Å²) in [6.07, 6.45) is 5.54. The maximum atomic E-state index is 12.6. The highest BCUT2D eigenvalue weighted by molar-refractivity contribution is 6.02. The number of aromatic nitrogens is 2. The van der Waals surface area contributed by atoms with Crippen LogP contribution in [-0.4, -0.2) is 22.8 Å². The smallest absolute Gasteiger partial charge is 0.291 e. The summed E-state index contributed by atoms with van der Waals surface area (Å²) in [4.78, 5) is 12.6. The van der Waals surface area contributed by atoms with Crippen molar-refractivity contribution in [3.05, 3.63) is 95.7 Å². The molecule has 4 rings (SSSR count). The van der Waals surface area contributed by atoms with E-state index in [-0.39, 0.29) is 18.3 Å². The number of methoxy groups -OCH3 is 1. The molecule has 0 unspecified atom stereocenters. The number of benzene rings is 2. The van der Waals surface area contributed by atoms with Crippen molar-refractivity contribution in [1.29, 1.82) is 0 Å². The van der Waals surface area contributed by atoms with Gasteiger partial charge in [0.2, 0.25) is 0 Å². The largest absolute Gasteiger partial charge is 0.497 e. The number of furan rings is 1. The number of nitrogens with zero attached hydrogens (tertiary/aromatic N) is 2. The van der Waals surface area contributed by atoms with Gasteiger partial charge in [-0.15, -0.1) is 0 Å². The van der Waals surface area contributed by atoms with Gasteiger partial charge >= 0.3 is 0 Å². The summed E-state index contributed by atoms with van der Waals surface area (Å²) in [6, 6.07) is 19.2. The fourth-order valence-electron chi connectivity index (χ4n) is 3.44. The van der Waals surface area contributed by atoms with E-state index in [9.17, 15) is 4.79 Å². The monoisotopic (exact) mass is 445 g/mol. The van der Waals surface area contributed by atoms with E-state index in [1.54, 1.807) is 36.3 Å². The first-order valence-electron chi connectivity index (χ1n) is 10.9. The molecule has 0 saturated carbocycles. The minimum absolute atomic E-state index is 0.215. The fraction of sp³-hybridized carbons (Fsp3) is 0.231. The molecule has 170 valence electrons. The molecule has 0 aliphatic rings. The first kappa shape index (κ1) is 22.2. The molecule has 0 spiro atoms. The van der Waals surface area contributed by atoms with E-state index in [0.29, 0.717) is 18.0 Å². The van der Waals surface area contributed by atoms with Crippen LogP contribution >= 0.6 is 0 Å². The highest BCUT2D eigenvalue weighted by atomic mass is 16.5. The van der Waals surface area contributed by atoms with Crippen LogP contribution in [0, 0.1) is 0 Å². The normalized spacial score (nSPS) is 10.7. The van der Waals surface area contributed by atoms with Gasteiger partial charge in [-0.2, -0.15) is 5.10 Å². The van der Waals surface area contributed by atoms with Gasteiger partial charge in [-0.1, -0.05) is 37.6 Å². The predicted molar refractivity (Wildman–Crippen MR) is 126 cm³/mol. The van der Waals surface area contributed by atoms with Crippen LogP contribution < -0.4 is 14.8 Å². The summed E-state index contributed by atoms with van der Waals surface area (Å²) in [5.74, 6) is 2.00. The number of carbonyl (C=O) groups excluding carboxylic acids is 1. The molecule has 0 atom stereocenters. The van der Waals surface area contributed by atoms with Gasteiger partial charge in [-0.05, 0) is 53.9 Å². The molecule has 4 aromatic rings. The third-order valence-corrected chi connectivity index (χ3v) is 5.10. The van der Waals surface area contributed by atoms with E-state index in [1.807, 2.05) is 36.4 Å². The van der Waals surface area contributed by atoms with Crippen molar-refractivity contribution >= 4 is 11.6 Å². The van der Waals surface area contributed by atoms with Crippen LogP contribution in [-0.2, 0) is 19.6 Å². The Labute approximate surface area is 192 Å². The summed E-state index contributed by atoms with van der Waals surface area (Å²) in [5, 5.41) is 7.12. The van der Waals surface area contributed by atoms with Crippen LogP contribution in [0.5, 0.6) is 11.5 Å². The number of nitrogens with one attached hydrogen (secondary N) is 1. The Morgan fingerprint density at radius 2 is 1.91 bits per heavy atom. The quantitative estimate of drug-likeness (QED) is 0.358. The van der Waals surface area contributed by atoms with E-state index in [2.05, 4.69) is 29.5 Å². The van der Waals surface area contributed by atoms with Crippen molar-refractivity contribution in [2.24, 2.45) is 0 Å². The zero-order chi connectivity index (χ0) is 23.0. The molecule has 0 aliphatic heterocycles. The van der Waals surface area contributed by atoms with Gasteiger partial charge < -0.3 is 19.2 Å². The standard InChI is InChI=1S/C26H27N3O4/c1-3-5-19-8-10-22(11-9-19)32-18-24-12-13-25(33-24)26(30)28-21-15-27-29(17-21)16-20-6-4-7-23(14-20)31-2/h4,6-15,17H,3,5,16,18H2,1-2H3,(H,28,30). The molecule has 1 N–H and O–H groups in total. The molecule has 7 heteroatoms. The molecule has 2 heterocycles. The first-order chi connectivity index (χ1) is 16.1. The van der Waals surface area contributed by atoms with Crippen LogP contribution in [0.25, 0.3) is 0 Å². The van der Waals surface area contributed by atoms with Crippen molar-refractivity contribution in [3.8, 4) is 11.5 Å². The van der Waals surface area contributed by atoms with E-state index >= 15 is 0 Å². The minimum atomic E-state index is -0.342. The lowest BCUT2D eigenvalue weighted by Crippen LogP contribution is -2.10. The Hall–Kier alpha value is -4.00. The van der Waals surface area contributed by atoms with Crippen LogP contribution in [0.4, 0.5) is 5.69 Å². The molecule has 0 fully saturated rings. The topological polar surface area (TPSA) is 78.5 Å². The molecule has 7 nitrogen and oxygen atoms in total. The SMILES string of the molecule is CCCc1ccc(OCc2ccc(C(=O)Nc3cnn(Cc4cccc(OC)c4)c3)o2)cc1. The van der Waals surface area contributed by atoms with Gasteiger partial charge in [0.05, 0.1) is 25.5 Å². The second-order valence-electron chi connectivity index (χ2n) is 7.68. The van der Waals surface area contributed by atoms with Crippen molar-refractivity contribution in [1.82, 2.24) is 9.78 Å². The highest BCUT2D eigenvalue weighted by Crippen LogP contribution is 2.18. The average molecular weight is 446 g/mol. The van der Waals surface area contributed by atoms with Gasteiger partial charge in [-0.25, -0.2) is 0 Å². The van der Waals surface area contributed by atoms with Crippen molar-refractivity contribution in [2.45, 2.75) is 32.9 Å². The van der Waals surface area contributed by atoms with Crippen molar-refractivity contribution in [3.63, 3.8) is 0 Å². The molecular formula is C26H27N3O4. The zero-order valence-corrected chi connectivity index (χ0v) is 18.8. The number of hydrogen-bond donors (Lipinski definition) is 1. The van der Waals surface area contributed by atoms with Gasteiger partial charge in [-0.3, -0.25) is 9.48 Å². The lowest BCUT2D eigenvalue weighted by Gasteiger charge is -2.05. The molecule has 2 aromatic carbocycles. The molecular weight excluding hydrogens is 418 g/mol. The van der Waals surface area contributed by atoms with Gasteiger partial charge in [0.1, 0.15) is 23.9 Å². The van der Waals surface area contributed by atoms with Crippen molar-refractivity contribution < 1.29 is 18.7 Å². The van der Waals surface area contributed by atoms with Gasteiger partial charge in [0, 0.05) is 6.20 Å². The minimum Gasteiger partial charge on any atom is -0.497 e. The van der Waals surface area contributed by atoms with Gasteiger partial charge in [0.25, 0.3) is 5.91 Å². The van der Waals surface area contributed by atoms with E-state index in [0.717, 1.165) is 29.9 Å². The molecule has 0 radical (unpaired) electrons. The summed E-state index contributed by atoms with van der Waals surface area (Å²) in [7, 11) is 1.64. The highest BCUT2D eigenvalue weighted by Gasteiger charge is 2.13. The number of amides is 1. The van der Waals surface area contributed by atoms with E-state index < -0.39 is 0 Å². The Bertz CT molecular complexity index is 1190. The lowest BCUT2D eigenvalue weighted by atomic mass is 10.1. The Kier molecular flexibility index (Phi) is 7.09. The maximum absolute atomic E-state index is 12.6.